The predicted octanol–water partition coefficient (Wildman–Crippen LogP) is 0.0610. The van der Waals surface area contributed by atoms with E-state index in [1.807, 2.05) is 0 Å². The summed E-state index contributed by atoms with van der Waals surface area (Å²) in [6.07, 6.45) is 0.211. The minimum atomic E-state index is -0.542. The monoisotopic (exact) mass is 159 g/mol. The fourth-order valence-electron chi connectivity index (χ4n) is 0.381. The van der Waals surface area contributed by atoms with E-state index >= 15 is 0 Å². The van der Waals surface area contributed by atoms with Crippen LogP contribution in [0, 0.1) is 5.92 Å². The lowest BCUT2D eigenvalue weighted by Gasteiger charge is -2.05. The van der Waals surface area contributed by atoms with E-state index in [1.54, 1.807) is 13.8 Å². The number of carbonyl (C=O) groups excluding carboxylic acids is 2. The quantitative estimate of drug-likeness (QED) is 0.467. The Balaban J connectivity index is 3.77. The Morgan fingerprint density at radius 2 is 2.09 bits per heavy atom. The van der Waals surface area contributed by atoms with Gasteiger partial charge in [-0.25, -0.2) is 0 Å². The zero-order valence-corrected chi connectivity index (χ0v) is 6.79. The van der Waals surface area contributed by atoms with Gasteiger partial charge in [-0.05, 0) is 0 Å². The predicted molar refractivity (Wildman–Crippen MR) is 39.6 cm³/mol. The number of nitrogens with two attached hydrogens (primary N) is 1. The Morgan fingerprint density at radius 3 is 2.45 bits per heavy atom. The minimum Gasteiger partial charge on any atom is -0.393 e. The molecule has 0 aromatic heterocycles. The van der Waals surface area contributed by atoms with Gasteiger partial charge in [-0.3, -0.25) is 9.59 Å². The first kappa shape index (κ1) is 10.1. The van der Waals surface area contributed by atoms with Crippen LogP contribution < -0.4 is 5.73 Å². The van der Waals surface area contributed by atoms with Crippen molar-refractivity contribution < 1.29 is 14.3 Å². The first-order chi connectivity index (χ1) is 5.11. The van der Waals surface area contributed by atoms with Gasteiger partial charge < -0.3 is 10.5 Å². The second-order valence-electron chi connectivity index (χ2n) is 2.28. The summed E-state index contributed by atoms with van der Waals surface area (Å²) in [4.78, 5) is 21.4. The maximum Gasteiger partial charge on any atom is 0.317 e. The van der Waals surface area contributed by atoms with Crippen molar-refractivity contribution in [2.24, 2.45) is 11.7 Å². The van der Waals surface area contributed by atoms with Crippen LogP contribution in [0.5, 0.6) is 0 Å². The summed E-state index contributed by atoms with van der Waals surface area (Å²) >= 11 is 0. The molecule has 0 radical (unpaired) electrons. The topological polar surface area (TPSA) is 69.4 Å². The molecule has 0 aliphatic carbocycles. The van der Waals surface area contributed by atoms with E-state index in [1.165, 1.54) is 0 Å². The van der Waals surface area contributed by atoms with Crippen LogP contribution in [0.2, 0.25) is 0 Å². The van der Waals surface area contributed by atoms with E-state index in [-0.39, 0.29) is 13.0 Å². The van der Waals surface area contributed by atoms with Crippen molar-refractivity contribution in [2.45, 2.75) is 20.3 Å². The lowest BCUT2D eigenvalue weighted by molar-refractivity contribution is -0.161. The fourth-order valence-corrected chi connectivity index (χ4v) is 0.381. The molecule has 1 atom stereocenters. The zero-order valence-electron chi connectivity index (χ0n) is 6.79. The highest BCUT2D eigenvalue weighted by Crippen LogP contribution is 1.96. The normalized spacial score (nSPS) is 12.3. The molecular weight excluding hydrogens is 146 g/mol. The van der Waals surface area contributed by atoms with Gasteiger partial charge in [0, 0.05) is 13.0 Å². The van der Waals surface area contributed by atoms with Crippen LogP contribution in [0.1, 0.15) is 20.3 Å². The van der Waals surface area contributed by atoms with Crippen LogP contribution in [-0.2, 0) is 14.3 Å². The van der Waals surface area contributed by atoms with Crippen molar-refractivity contribution in [2.75, 3.05) is 6.54 Å². The van der Waals surface area contributed by atoms with Crippen molar-refractivity contribution in [3.8, 4) is 0 Å². The van der Waals surface area contributed by atoms with Gasteiger partial charge in [0.25, 0.3) is 0 Å². The van der Waals surface area contributed by atoms with Gasteiger partial charge in [-0.1, -0.05) is 13.8 Å². The van der Waals surface area contributed by atoms with Crippen molar-refractivity contribution in [3.05, 3.63) is 0 Å². The average Bonchev–Trinajstić information content (AvgIpc) is 2.02. The van der Waals surface area contributed by atoms with Gasteiger partial charge in [0.2, 0.25) is 0 Å². The molecule has 11 heavy (non-hydrogen) atoms. The maximum absolute atomic E-state index is 10.8. The van der Waals surface area contributed by atoms with Crippen molar-refractivity contribution in [1.29, 1.82) is 0 Å². The molecular formula is C7H13NO3. The Kier molecular flexibility index (Phi) is 4.45. The van der Waals surface area contributed by atoms with Crippen LogP contribution >= 0.6 is 0 Å². The second kappa shape index (κ2) is 4.85. The molecule has 0 aromatic rings. The van der Waals surface area contributed by atoms with Gasteiger partial charge >= 0.3 is 11.9 Å². The van der Waals surface area contributed by atoms with Crippen molar-refractivity contribution in [3.63, 3.8) is 0 Å². The molecule has 2 N–H and O–H groups in total. The lowest BCUT2D eigenvalue weighted by Crippen LogP contribution is -2.24. The lowest BCUT2D eigenvalue weighted by atomic mass is 10.2. The minimum absolute atomic E-state index is 0.204. The van der Waals surface area contributed by atoms with Crippen LogP contribution in [0.25, 0.3) is 0 Å². The average molecular weight is 159 g/mol. The fraction of sp³-hybridized carbons (Fsp3) is 0.714. The molecule has 4 nitrogen and oxygen atoms in total. The smallest absolute Gasteiger partial charge is 0.317 e. The molecule has 1 unspecified atom stereocenters. The molecule has 64 valence electrons. The largest absolute Gasteiger partial charge is 0.393 e. The molecule has 0 aliphatic rings. The molecule has 0 aliphatic heterocycles. The highest BCUT2D eigenvalue weighted by molar-refractivity contribution is 5.86. The molecule has 0 saturated carbocycles. The summed E-state index contributed by atoms with van der Waals surface area (Å²) < 4.78 is 4.39. The molecule has 0 heterocycles. The van der Waals surface area contributed by atoms with Crippen LogP contribution in [0.3, 0.4) is 0 Å². The first-order valence-corrected chi connectivity index (χ1v) is 3.56. The molecule has 4 heteroatoms. The summed E-state index contributed by atoms with van der Waals surface area (Å²) in [6.45, 7) is 3.45. The van der Waals surface area contributed by atoms with Gasteiger partial charge in [0.05, 0.1) is 5.92 Å². The molecule has 0 rings (SSSR count). The van der Waals surface area contributed by atoms with E-state index in [0.717, 1.165) is 0 Å². The molecule has 0 aromatic carbocycles. The first-order valence-electron chi connectivity index (χ1n) is 3.56. The van der Waals surface area contributed by atoms with Crippen molar-refractivity contribution in [1.82, 2.24) is 0 Å². The molecule has 0 saturated heterocycles. The van der Waals surface area contributed by atoms with Crippen LogP contribution in [0.15, 0.2) is 0 Å². The number of carbonyl (C=O) groups is 2. The van der Waals surface area contributed by atoms with E-state index in [4.69, 9.17) is 5.73 Å². The number of esters is 2. The standard InChI is InChI=1S/C7H13NO3/c1-3-6(9)11-7(10)5(2)4-8/h5H,3-4,8H2,1-2H3. The summed E-state index contributed by atoms with van der Waals surface area (Å²) in [6, 6.07) is 0. The van der Waals surface area contributed by atoms with Crippen LogP contribution in [-0.4, -0.2) is 18.5 Å². The van der Waals surface area contributed by atoms with Gasteiger partial charge in [-0.2, -0.15) is 0 Å². The van der Waals surface area contributed by atoms with Gasteiger partial charge in [-0.15, -0.1) is 0 Å². The van der Waals surface area contributed by atoms with E-state index in [2.05, 4.69) is 4.74 Å². The zero-order chi connectivity index (χ0) is 8.85. The number of hydrogen-bond donors (Lipinski definition) is 1. The summed E-state index contributed by atoms with van der Waals surface area (Å²) in [5, 5.41) is 0. The third-order valence-electron chi connectivity index (χ3n) is 1.26. The Morgan fingerprint density at radius 1 is 1.55 bits per heavy atom. The van der Waals surface area contributed by atoms with Gasteiger partial charge in [0.1, 0.15) is 0 Å². The third-order valence-corrected chi connectivity index (χ3v) is 1.26. The number of ether oxygens (including phenoxy) is 1. The molecule has 0 fully saturated rings. The van der Waals surface area contributed by atoms with Crippen molar-refractivity contribution >= 4 is 11.9 Å². The van der Waals surface area contributed by atoms with E-state index in [9.17, 15) is 9.59 Å². The van der Waals surface area contributed by atoms with Gasteiger partial charge in [0.15, 0.2) is 0 Å². The maximum atomic E-state index is 10.8. The van der Waals surface area contributed by atoms with E-state index in [0.29, 0.717) is 0 Å². The highest BCUT2D eigenvalue weighted by Gasteiger charge is 2.14. The van der Waals surface area contributed by atoms with E-state index < -0.39 is 17.9 Å². The highest BCUT2D eigenvalue weighted by atomic mass is 16.6. The second-order valence-corrected chi connectivity index (χ2v) is 2.28. The SMILES string of the molecule is CCC(=O)OC(=O)C(C)CN. The summed E-state index contributed by atoms with van der Waals surface area (Å²) in [7, 11) is 0. The van der Waals surface area contributed by atoms with Crippen LogP contribution in [0.4, 0.5) is 0 Å². The Hall–Kier alpha value is -0.900. The summed E-state index contributed by atoms with van der Waals surface area (Å²) in [5.74, 6) is -1.44. The summed E-state index contributed by atoms with van der Waals surface area (Å²) in [5.41, 5.74) is 5.18. The number of hydrogen-bond acceptors (Lipinski definition) is 4. The Bertz CT molecular complexity index is 156. The third kappa shape index (κ3) is 3.72. The molecule has 0 spiro atoms. The number of rotatable bonds is 3. The molecule has 0 amide bonds. The Labute approximate surface area is 65.7 Å². The molecule has 0 bridgehead atoms.